The second-order valence-corrected chi connectivity index (χ2v) is 6.94. The molecule has 0 radical (unpaired) electrons. The Morgan fingerprint density at radius 1 is 1.25 bits per heavy atom. The fraction of sp³-hybridized carbons (Fsp3) is 0.333. The molecule has 4 rings (SSSR count). The van der Waals surface area contributed by atoms with Gasteiger partial charge < -0.3 is 10.1 Å². The van der Waals surface area contributed by atoms with Crippen LogP contribution in [0.3, 0.4) is 0 Å². The van der Waals surface area contributed by atoms with E-state index in [4.69, 9.17) is 4.74 Å². The number of carbonyl (C=O) groups excluding carboxylic acids is 1. The number of carbonyl (C=O) groups is 1. The number of pyridine rings is 1. The molecular formula is C21H23N5O2. The highest BCUT2D eigenvalue weighted by molar-refractivity contribution is 5.79. The Morgan fingerprint density at radius 2 is 2.11 bits per heavy atom. The quantitative estimate of drug-likeness (QED) is 0.739. The van der Waals surface area contributed by atoms with Crippen molar-refractivity contribution in [3.8, 4) is 5.82 Å². The second-order valence-electron chi connectivity index (χ2n) is 6.94. The zero-order valence-electron chi connectivity index (χ0n) is 15.8. The maximum Gasteiger partial charge on any atom is 0.226 e. The van der Waals surface area contributed by atoms with Crippen LogP contribution in [0.4, 0.5) is 0 Å². The molecule has 7 heteroatoms. The molecule has 1 saturated heterocycles. The second kappa shape index (κ2) is 8.31. The molecule has 0 unspecified atom stereocenters. The third kappa shape index (κ3) is 3.94. The summed E-state index contributed by atoms with van der Waals surface area (Å²) in [6.45, 7) is 2.98. The molecule has 0 bridgehead atoms. The molecular weight excluding hydrogens is 354 g/mol. The number of nitrogens with zero attached hydrogens (tertiary/aromatic N) is 4. The highest BCUT2D eigenvalue weighted by atomic mass is 16.5. The predicted octanol–water partition coefficient (Wildman–Crippen LogP) is 2.75. The van der Waals surface area contributed by atoms with Crippen LogP contribution in [-0.2, 0) is 16.1 Å². The van der Waals surface area contributed by atoms with Gasteiger partial charge in [-0.3, -0.25) is 4.79 Å². The molecule has 2 atom stereocenters. The maximum atomic E-state index is 13.0. The van der Waals surface area contributed by atoms with Gasteiger partial charge in [-0.05, 0) is 31.4 Å². The van der Waals surface area contributed by atoms with E-state index in [1.807, 2.05) is 49.4 Å². The van der Waals surface area contributed by atoms with Crippen molar-refractivity contribution in [1.82, 2.24) is 25.1 Å². The van der Waals surface area contributed by atoms with Crippen LogP contribution in [0, 0.1) is 12.8 Å². The first-order valence-electron chi connectivity index (χ1n) is 9.48. The van der Waals surface area contributed by atoms with Crippen LogP contribution in [0.25, 0.3) is 5.82 Å². The first kappa shape index (κ1) is 18.3. The third-order valence-corrected chi connectivity index (χ3v) is 4.97. The molecule has 0 saturated carbocycles. The Kier molecular flexibility index (Phi) is 5.43. The van der Waals surface area contributed by atoms with E-state index in [0.29, 0.717) is 19.0 Å². The maximum absolute atomic E-state index is 13.0. The van der Waals surface area contributed by atoms with Crippen LogP contribution >= 0.6 is 0 Å². The molecule has 1 aliphatic heterocycles. The van der Waals surface area contributed by atoms with Crippen LogP contribution in [0.15, 0.2) is 55.1 Å². The van der Waals surface area contributed by atoms with Crippen molar-refractivity contribution >= 4 is 5.91 Å². The number of aryl methyl sites for hydroxylation is 1. The number of hydrogen-bond acceptors (Lipinski definition) is 5. The Bertz CT molecular complexity index is 927. The van der Waals surface area contributed by atoms with Gasteiger partial charge in [-0.2, -0.15) is 5.10 Å². The normalized spacial score (nSPS) is 19.3. The lowest BCUT2D eigenvalue weighted by Crippen LogP contribution is -2.37. The van der Waals surface area contributed by atoms with Gasteiger partial charge in [-0.15, -0.1) is 0 Å². The summed E-state index contributed by atoms with van der Waals surface area (Å²) >= 11 is 0. The molecule has 7 nitrogen and oxygen atoms in total. The number of aromatic nitrogens is 4. The fourth-order valence-corrected chi connectivity index (χ4v) is 3.56. The monoisotopic (exact) mass is 377 g/mol. The minimum atomic E-state index is -0.208. The van der Waals surface area contributed by atoms with E-state index < -0.39 is 0 Å². The molecule has 1 amide bonds. The average molecular weight is 377 g/mol. The SMILES string of the molecule is Cc1ccc(CNC(=O)[C@@H]2CCCO[C@@H]2c2ccccc2)c(-n2cncn2)n1. The number of hydrogen-bond donors (Lipinski definition) is 1. The zero-order chi connectivity index (χ0) is 19.3. The number of benzene rings is 1. The Labute approximate surface area is 163 Å². The summed E-state index contributed by atoms with van der Waals surface area (Å²) < 4.78 is 7.57. The molecule has 144 valence electrons. The van der Waals surface area contributed by atoms with Crippen LogP contribution in [0.5, 0.6) is 0 Å². The first-order chi connectivity index (χ1) is 13.7. The lowest BCUT2D eigenvalue weighted by molar-refractivity contribution is -0.134. The highest BCUT2D eigenvalue weighted by Crippen LogP contribution is 2.33. The standard InChI is InChI=1S/C21H23N5O2/c1-15-9-10-17(20(25-15)26-14-22-13-24-26)12-23-21(27)18-8-5-11-28-19(18)16-6-3-2-4-7-16/h2-4,6-7,9-10,13-14,18-19H,5,8,11-12H2,1H3,(H,23,27)/t18-,19-/m1/s1. The van der Waals surface area contributed by atoms with Gasteiger partial charge in [0.25, 0.3) is 0 Å². The molecule has 3 aromatic rings. The summed E-state index contributed by atoms with van der Waals surface area (Å²) in [5, 5.41) is 7.24. The summed E-state index contributed by atoms with van der Waals surface area (Å²) in [6, 6.07) is 13.8. The number of nitrogens with one attached hydrogen (secondary N) is 1. The number of rotatable bonds is 5. The van der Waals surface area contributed by atoms with E-state index in [2.05, 4.69) is 20.4 Å². The fourth-order valence-electron chi connectivity index (χ4n) is 3.56. The summed E-state index contributed by atoms with van der Waals surface area (Å²) in [5.74, 6) is 0.473. The van der Waals surface area contributed by atoms with Gasteiger partial charge in [-0.25, -0.2) is 14.6 Å². The zero-order valence-corrected chi connectivity index (χ0v) is 15.8. The minimum absolute atomic E-state index is 0.00123. The highest BCUT2D eigenvalue weighted by Gasteiger charge is 2.32. The predicted molar refractivity (Wildman–Crippen MR) is 104 cm³/mol. The van der Waals surface area contributed by atoms with Gasteiger partial charge in [0.15, 0.2) is 5.82 Å². The van der Waals surface area contributed by atoms with Crippen molar-refractivity contribution in [2.24, 2.45) is 5.92 Å². The van der Waals surface area contributed by atoms with Crippen LogP contribution in [-0.4, -0.2) is 32.3 Å². The van der Waals surface area contributed by atoms with Crippen LogP contribution in [0.1, 0.15) is 35.8 Å². The molecule has 28 heavy (non-hydrogen) atoms. The van der Waals surface area contributed by atoms with Gasteiger partial charge in [-0.1, -0.05) is 36.4 Å². The number of amides is 1. The topological polar surface area (TPSA) is 81.9 Å². The van der Waals surface area contributed by atoms with Crippen molar-refractivity contribution < 1.29 is 9.53 Å². The van der Waals surface area contributed by atoms with Crippen molar-refractivity contribution in [3.05, 3.63) is 71.9 Å². The van der Waals surface area contributed by atoms with Gasteiger partial charge in [0.2, 0.25) is 5.91 Å². The van der Waals surface area contributed by atoms with Crippen LogP contribution in [0.2, 0.25) is 0 Å². The molecule has 3 heterocycles. The van der Waals surface area contributed by atoms with Gasteiger partial charge in [0, 0.05) is 24.4 Å². The van der Waals surface area contributed by atoms with Crippen molar-refractivity contribution in [2.75, 3.05) is 6.61 Å². The van der Waals surface area contributed by atoms with E-state index in [-0.39, 0.29) is 17.9 Å². The van der Waals surface area contributed by atoms with Crippen molar-refractivity contribution in [2.45, 2.75) is 32.4 Å². The molecule has 1 fully saturated rings. The number of ether oxygens (including phenoxy) is 1. The van der Waals surface area contributed by atoms with E-state index in [1.165, 1.54) is 6.33 Å². The third-order valence-electron chi connectivity index (χ3n) is 4.97. The van der Waals surface area contributed by atoms with Crippen molar-refractivity contribution in [3.63, 3.8) is 0 Å². The summed E-state index contributed by atoms with van der Waals surface area (Å²) in [4.78, 5) is 21.5. The largest absolute Gasteiger partial charge is 0.373 e. The molecule has 1 N–H and O–H groups in total. The van der Waals surface area contributed by atoms with E-state index in [0.717, 1.165) is 29.7 Å². The molecule has 1 aliphatic rings. The van der Waals surface area contributed by atoms with E-state index >= 15 is 0 Å². The Balaban J connectivity index is 1.50. The first-order valence-corrected chi connectivity index (χ1v) is 9.48. The van der Waals surface area contributed by atoms with Gasteiger partial charge in [0.05, 0.1) is 12.0 Å². The van der Waals surface area contributed by atoms with Gasteiger partial charge in [0.1, 0.15) is 12.7 Å². The average Bonchev–Trinajstić information content (AvgIpc) is 3.28. The summed E-state index contributed by atoms with van der Waals surface area (Å²) in [6.07, 6.45) is 4.57. The van der Waals surface area contributed by atoms with E-state index in [1.54, 1.807) is 11.0 Å². The molecule has 0 aliphatic carbocycles. The molecule has 1 aromatic carbocycles. The van der Waals surface area contributed by atoms with Crippen LogP contribution < -0.4 is 5.32 Å². The Morgan fingerprint density at radius 3 is 2.89 bits per heavy atom. The lowest BCUT2D eigenvalue weighted by Gasteiger charge is -2.31. The van der Waals surface area contributed by atoms with Gasteiger partial charge >= 0.3 is 0 Å². The lowest BCUT2D eigenvalue weighted by atomic mass is 9.88. The van der Waals surface area contributed by atoms with E-state index in [9.17, 15) is 4.79 Å². The Hall–Kier alpha value is -3.06. The van der Waals surface area contributed by atoms with Crippen molar-refractivity contribution in [1.29, 1.82) is 0 Å². The molecule has 2 aromatic heterocycles. The smallest absolute Gasteiger partial charge is 0.226 e. The molecule has 0 spiro atoms. The minimum Gasteiger partial charge on any atom is -0.373 e. The summed E-state index contributed by atoms with van der Waals surface area (Å²) in [5.41, 5.74) is 2.81. The summed E-state index contributed by atoms with van der Waals surface area (Å²) in [7, 11) is 0.